The number of hydrogen-bond donors (Lipinski definition) is 3. The monoisotopic (exact) mass is 832 g/mol. The molecule has 3 atom stereocenters. The second kappa shape index (κ2) is 47.4. The van der Waals surface area contributed by atoms with E-state index in [0.717, 1.165) is 70.6 Å². The third-order valence-electron chi connectivity index (χ3n) is 12.0. The minimum Gasteiger partial charge on any atom is -0.462 e. The molecule has 1 amide bonds. The molecule has 6 heteroatoms. The van der Waals surface area contributed by atoms with Crippen LogP contribution in [0.2, 0.25) is 0 Å². The van der Waals surface area contributed by atoms with E-state index in [2.05, 4.69) is 50.4 Å². The first-order valence-electron chi connectivity index (χ1n) is 26.1. The van der Waals surface area contributed by atoms with Gasteiger partial charge < -0.3 is 20.3 Å². The molecule has 3 N–H and O–H groups in total. The van der Waals surface area contributed by atoms with E-state index in [1.54, 1.807) is 0 Å². The molecule has 0 saturated carbocycles. The molecule has 6 nitrogen and oxygen atoms in total. The summed E-state index contributed by atoms with van der Waals surface area (Å²) in [5.41, 5.74) is 0. The van der Waals surface area contributed by atoms with Crippen LogP contribution in [0.5, 0.6) is 0 Å². The molecule has 59 heavy (non-hydrogen) atoms. The number of amides is 1. The summed E-state index contributed by atoms with van der Waals surface area (Å²) < 4.78 is 5.93. The Balaban J connectivity index is 4.52. The zero-order chi connectivity index (χ0) is 43.1. The maximum absolute atomic E-state index is 13.2. The summed E-state index contributed by atoms with van der Waals surface area (Å²) in [6, 6.07) is -0.701. The van der Waals surface area contributed by atoms with Crippen LogP contribution in [0.3, 0.4) is 0 Å². The van der Waals surface area contributed by atoms with Crippen LogP contribution in [-0.2, 0) is 14.3 Å². The molecule has 0 heterocycles. The van der Waals surface area contributed by atoms with E-state index in [-0.39, 0.29) is 24.9 Å². The van der Waals surface area contributed by atoms with Crippen LogP contribution in [0.4, 0.5) is 0 Å². The molecule has 0 radical (unpaired) electrons. The highest BCUT2D eigenvalue weighted by Crippen LogP contribution is 2.18. The largest absolute Gasteiger partial charge is 0.462 e. The van der Waals surface area contributed by atoms with E-state index >= 15 is 0 Å². The van der Waals surface area contributed by atoms with Gasteiger partial charge in [0, 0.05) is 6.42 Å². The minimum absolute atomic E-state index is 0.0732. The number of nitrogens with one attached hydrogen (secondary N) is 1. The Morgan fingerprint density at radius 2 is 0.915 bits per heavy atom. The van der Waals surface area contributed by atoms with Gasteiger partial charge in [0.2, 0.25) is 5.91 Å². The van der Waals surface area contributed by atoms with E-state index < -0.39 is 18.2 Å². The lowest BCUT2D eigenvalue weighted by Crippen LogP contribution is -2.46. The van der Waals surface area contributed by atoms with Crippen molar-refractivity contribution in [1.29, 1.82) is 0 Å². The van der Waals surface area contributed by atoms with Crippen LogP contribution in [-0.4, -0.2) is 46.9 Å². The van der Waals surface area contributed by atoms with Crippen LogP contribution in [0.25, 0.3) is 0 Å². The molecule has 0 aromatic rings. The number of ether oxygens (including phenoxy) is 1. The standard InChI is InChI=1S/C53H101NO5/c1-4-7-10-13-16-19-22-25-27-30-33-36-39-42-45-51(56)50(48-55)54-52(57)47-49(44-41-38-35-32-29-24-21-18-15-12-9-6-3)59-53(58)46-43-40-37-34-31-28-26-23-20-17-14-11-8-5-2/h9,12,18,21,49-51,55-56H,4-8,10-11,13-17,19-20,22-48H2,1-3H3,(H,54,57)/b12-9+,21-18+. The zero-order valence-corrected chi connectivity index (χ0v) is 39.7. The molecule has 0 fully saturated rings. The number of aliphatic hydroxyl groups is 2. The van der Waals surface area contributed by atoms with E-state index in [1.807, 2.05) is 0 Å². The van der Waals surface area contributed by atoms with Crippen molar-refractivity contribution in [3.05, 3.63) is 24.3 Å². The molecule has 0 aromatic heterocycles. The van der Waals surface area contributed by atoms with Gasteiger partial charge in [0.05, 0.1) is 25.2 Å². The highest BCUT2D eigenvalue weighted by molar-refractivity contribution is 5.77. The summed E-state index contributed by atoms with van der Waals surface area (Å²) in [5.74, 6) is -0.474. The average Bonchev–Trinajstić information content (AvgIpc) is 3.23. The maximum atomic E-state index is 13.2. The second-order valence-corrected chi connectivity index (χ2v) is 17.9. The molecular weight excluding hydrogens is 731 g/mol. The van der Waals surface area contributed by atoms with Gasteiger partial charge in [0.15, 0.2) is 0 Å². The lowest BCUT2D eigenvalue weighted by atomic mass is 10.0. The molecule has 0 spiro atoms. The predicted molar refractivity (Wildman–Crippen MR) is 255 cm³/mol. The first kappa shape index (κ1) is 57.3. The second-order valence-electron chi connectivity index (χ2n) is 17.9. The van der Waals surface area contributed by atoms with Crippen LogP contribution in [0, 0.1) is 0 Å². The van der Waals surface area contributed by atoms with Crippen molar-refractivity contribution < 1.29 is 24.5 Å². The van der Waals surface area contributed by atoms with E-state index in [1.165, 1.54) is 161 Å². The zero-order valence-electron chi connectivity index (χ0n) is 39.7. The molecule has 3 unspecified atom stereocenters. The molecule has 0 aliphatic heterocycles. The van der Waals surface area contributed by atoms with Crippen LogP contribution < -0.4 is 5.32 Å². The summed E-state index contributed by atoms with van der Waals surface area (Å²) in [6.45, 7) is 6.39. The van der Waals surface area contributed by atoms with Crippen LogP contribution in [0.1, 0.15) is 278 Å². The molecule has 0 aliphatic carbocycles. The summed E-state index contributed by atoms with van der Waals surface area (Å²) in [7, 11) is 0. The minimum atomic E-state index is -0.787. The predicted octanol–water partition coefficient (Wildman–Crippen LogP) is 15.5. The molecule has 0 rings (SSSR count). The van der Waals surface area contributed by atoms with Gasteiger partial charge in [-0.25, -0.2) is 0 Å². The Labute approximate surface area is 367 Å². The smallest absolute Gasteiger partial charge is 0.306 e. The molecule has 0 aliphatic rings. The number of hydrogen-bond acceptors (Lipinski definition) is 5. The highest BCUT2D eigenvalue weighted by atomic mass is 16.5. The average molecular weight is 832 g/mol. The van der Waals surface area contributed by atoms with Gasteiger partial charge in [0.25, 0.3) is 0 Å². The fourth-order valence-electron chi connectivity index (χ4n) is 8.12. The van der Waals surface area contributed by atoms with Gasteiger partial charge in [-0.3, -0.25) is 9.59 Å². The third-order valence-corrected chi connectivity index (χ3v) is 12.0. The van der Waals surface area contributed by atoms with Crippen molar-refractivity contribution in [2.75, 3.05) is 6.61 Å². The van der Waals surface area contributed by atoms with Crippen molar-refractivity contribution >= 4 is 11.9 Å². The number of rotatable bonds is 47. The Kier molecular flexibility index (Phi) is 46.1. The molecule has 0 saturated heterocycles. The Morgan fingerprint density at radius 1 is 0.508 bits per heavy atom. The number of allylic oxidation sites excluding steroid dienone is 4. The maximum Gasteiger partial charge on any atom is 0.306 e. The first-order valence-corrected chi connectivity index (χ1v) is 26.1. The molecule has 0 bridgehead atoms. The quantitative estimate of drug-likeness (QED) is 0.0322. The highest BCUT2D eigenvalue weighted by Gasteiger charge is 2.24. The van der Waals surface area contributed by atoms with Crippen molar-refractivity contribution in [3.8, 4) is 0 Å². The Morgan fingerprint density at radius 3 is 1.37 bits per heavy atom. The lowest BCUT2D eigenvalue weighted by Gasteiger charge is -2.24. The van der Waals surface area contributed by atoms with Gasteiger partial charge in [-0.2, -0.15) is 0 Å². The number of carbonyl (C=O) groups is 2. The normalized spacial score (nSPS) is 13.4. The summed E-state index contributed by atoms with van der Waals surface area (Å²) in [6.07, 6.45) is 53.8. The number of esters is 1. The van der Waals surface area contributed by atoms with E-state index in [9.17, 15) is 19.8 Å². The van der Waals surface area contributed by atoms with Gasteiger partial charge in [-0.1, -0.05) is 238 Å². The van der Waals surface area contributed by atoms with Crippen LogP contribution in [0.15, 0.2) is 24.3 Å². The van der Waals surface area contributed by atoms with Gasteiger partial charge in [0.1, 0.15) is 6.10 Å². The third kappa shape index (κ3) is 42.8. The SMILES string of the molecule is CC/C=C/C/C=C/CCCCCCCC(CC(=O)NC(CO)C(O)CCCCCCCCCCCCCCCC)OC(=O)CCCCCCCCCCCCCCCC. The Bertz CT molecular complexity index is 935. The lowest BCUT2D eigenvalue weighted by molar-refractivity contribution is -0.151. The molecule has 0 aromatic carbocycles. The van der Waals surface area contributed by atoms with Crippen molar-refractivity contribution in [1.82, 2.24) is 5.32 Å². The van der Waals surface area contributed by atoms with Crippen molar-refractivity contribution in [2.45, 2.75) is 296 Å². The van der Waals surface area contributed by atoms with Crippen molar-refractivity contribution in [3.63, 3.8) is 0 Å². The van der Waals surface area contributed by atoms with Gasteiger partial charge in [-0.15, -0.1) is 0 Å². The topological polar surface area (TPSA) is 95.9 Å². The number of unbranched alkanes of at least 4 members (excludes halogenated alkanes) is 31. The first-order chi connectivity index (χ1) is 29.0. The van der Waals surface area contributed by atoms with E-state index in [0.29, 0.717) is 19.3 Å². The molecular formula is C53H101NO5. The molecule has 348 valence electrons. The van der Waals surface area contributed by atoms with Gasteiger partial charge in [-0.05, 0) is 51.4 Å². The number of carbonyl (C=O) groups excluding carboxylic acids is 2. The summed E-state index contributed by atoms with van der Waals surface area (Å²) in [5, 5.41) is 23.8. The van der Waals surface area contributed by atoms with Crippen molar-refractivity contribution in [2.24, 2.45) is 0 Å². The fourth-order valence-corrected chi connectivity index (χ4v) is 8.12. The van der Waals surface area contributed by atoms with Gasteiger partial charge >= 0.3 is 5.97 Å². The summed E-state index contributed by atoms with van der Waals surface area (Å²) in [4.78, 5) is 26.1. The summed E-state index contributed by atoms with van der Waals surface area (Å²) >= 11 is 0. The van der Waals surface area contributed by atoms with Crippen LogP contribution >= 0.6 is 0 Å². The fraction of sp³-hybridized carbons (Fsp3) is 0.887. The number of aliphatic hydroxyl groups excluding tert-OH is 2. The Hall–Kier alpha value is -1.66. The van der Waals surface area contributed by atoms with E-state index in [4.69, 9.17) is 4.74 Å².